The second kappa shape index (κ2) is 8.65. The summed E-state index contributed by atoms with van der Waals surface area (Å²) in [5.74, 6) is 2.13. The van der Waals surface area contributed by atoms with E-state index < -0.39 is 9.84 Å². The van der Waals surface area contributed by atoms with Crippen molar-refractivity contribution in [1.29, 1.82) is 0 Å². The fourth-order valence-corrected chi connectivity index (χ4v) is 5.70. The van der Waals surface area contributed by atoms with Crippen LogP contribution in [0.15, 0.2) is 34.2 Å². The molecule has 1 aliphatic carbocycles. The third-order valence-corrected chi connectivity index (χ3v) is 7.45. The molecule has 2 atom stereocenters. The minimum absolute atomic E-state index is 0.0739. The van der Waals surface area contributed by atoms with Crippen molar-refractivity contribution in [2.75, 3.05) is 34.7 Å². The van der Waals surface area contributed by atoms with Gasteiger partial charge in [-0.15, -0.1) is 0 Å². The summed E-state index contributed by atoms with van der Waals surface area (Å²) in [5, 5.41) is 0. The Labute approximate surface area is 189 Å². The van der Waals surface area contributed by atoms with Gasteiger partial charge in [-0.1, -0.05) is 12.8 Å². The minimum Gasteiger partial charge on any atom is -0.493 e. The van der Waals surface area contributed by atoms with E-state index in [4.69, 9.17) is 23.9 Å². The van der Waals surface area contributed by atoms with E-state index in [-0.39, 0.29) is 16.7 Å². The predicted molar refractivity (Wildman–Crippen MR) is 123 cm³/mol. The zero-order chi connectivity index (χ0) is 23.0. The predicted octanol–water partition coefficient (Wildman–Crippen LogP) is 4.00. The lowest BCUT2D eigenvalue weighted by Crippen LogP contribution is -2.29. The van der Waals surface area contributed by atoms with Gasteiger partial charge >= 0.3 is 0 Å². The fraction of sp³-hybridized carbons (Fsp3) is 0.458. The Balaban J connectivity index is 1.99. The molecule has 0 spiro atoms. The van der Waals surface area contributed by atoms with Crippen LogP contribution in [0.2, 0.25) is 0 Å². The molecule has 4 rings (SSSR count). The second-order valence-electron chi connectivity index (χ2n) is 8.21. The molecule has 172 valence electrons. The average Bonchev–Trinajstić information content (AvgIpc) is 2.80. The van der Waals surface area contributed by atoms with E-state index in [1.54, 1.807) is 26.4 Å². The quantitative estimate of drug-likeness (QED) is 0.649. The summed E-state index contributed by atoms with van der Waals surface area (Å²) < 4.78 is 47.1. The monoisotopic (exact) mass is 459 g/mol. The number of aliphatic imine (C=N–C) groups is 1. The summed E-state index contributed by atoms with van der Waals surface area (Å²) in [6.45, 7) is 0. The largest absolute Gasteiger partial charge is 0.493 e. The molecular weight excluding hydrogens is 430 g/mol. The molecule has 0 aromatic heterocycles. The van der Waals surface area contributed by atoms with Gasteiger partial charge in [0, 0.05) is 23.3 Å². The molecule has 8 heteroatoms. The highest BCUT2D eigenvalue weighted by atomic mass is 32.2. The van der Waals surface area contributed by atoms with Gasteiger partial charge in [0.25, 0.3) is 0 Å². The van der Waals surface area contributed by atoms with Crippen LogP contribution in [0.1, 0.15) is 48.3 Å². The molecule has 0 amide bonds. The lowest BCUT2D eigenvalue weighted by atomic mass is 9.75. The smallest absolute Gasteiger partial charge is 0.179 e. The molecule has 2 aliphatic rings. The Morgan fingerprint density at radius 2 is 1.50 bits per heavy atom. The SMILES string of the molecule is COc1cc2c(cc1OC)[C@@H]1CCCC[C@@H]1N=C2c1cc(OC)c(OC)c(S(C)(=O)=O)c1. The van der Waals surface area contributed by atoms with Gasteiger partial charge in [-0.2, -0.15) is 0 Å². The van der Waals surface area contributed by atoms with Crippen molar-refractivity contribution in [2.24, 2.45) is 4.99 Å². The molecule has 1 heterocycles. The Morgan fingerprint density at radius 3 is 2.12 bits per heavy atom. The first-order valence-electron chi connectivity index (χ1n) is 10.6. The van der Waals surface area contributed by atoms with Crippen LogP contribution in [0.5, 0.6) is 23.0 Å². The van der Waals surface area contributed by atoms with E-state index in [9.17, 15) is 8.42 Å². The highest BCUT2D eigenvalue weighted by Gasteiger charge is 2.35. The molecular formula is C24H29NO6S. The first kappa shape index (κ1) is 22.5. The molecule has 0 radical (unpaired) electrons. The Morgan fingerprint density at radius 1 is 0.844 bits per heavy atom. The first-order valence-corrected chi connectivity index (χ1v) is 12.5. The molecule has 0 unspecified atom stereocenters. The second-order valence-corrected chi connectivity index (χ2v) is 10.2. The van der Waals surface area contributed by atoms with E-state index in [1.807, 2.05) is 12.1 Å². The van der Waals surface area contributed by atoms with E-state index in [1.165, 1.54) is 14.2 Å². The van der Waals surface area contributed by atoms with Crippen molar-refractivity contribution < 1.29 is 27.4 Å². The molecule has 1 fully saturated rings. The molecule has 0 saturated heterocycles. The Bertz CT molecular complexity index is 1170. The van der Waals surface area contributed by atoms with E-state index in [2.05, 4.69) is 0 Å². The molecule has 0 N–H and O–H groups in total. The van der Waals surface area contributed by atoms with E-state index in [0.717, 1.165) is 48.8 Å². The molecule has 2 aromatic carbocycles. The van der Waals surface area contributed by atoms with Crippen LogP contribution >= 0.6 is 0 Å². The number of hydrogen-bond acceptors (Lipinski definition) is 7. The van der Waals surface area contributed by atoms with Crippen LogP contribution in [0.25, 0.3) is 0 Å². The zero-order valence-electron chi connectivity index (χ0n) is 19.1. The van der Waals surface area contributed by atoms with E-state index >= 15 is 0 Å². The van der Waals surface area contributed by atoms with Crippen molar-refractivity contribution >= 4 is 15.5 Å². The van der Waals surface area contributed by atoms with Gasteiger partial charge in [-0.05, 0) is 42.7 Å². The van der Waals surface area contributed by atoms with Crippen LogP contribution in [-0.4, -0.2) is 54.9 Å². The summed E-state index contributed by atoms with van der Waals surface area (Å²) in [4.78, 5) is 5.20. The van der Waals surface area contributed by atoms with Gasteiger partial charge in [0.2, 0.25) is 0 Å². The summed E-state index contributed by atoms with van der Waals surface area (Å²) in [6, 6.07) is 7.53. The number of sulfone groups is 1. The average molecular weight is 460 g/mol. The highest BCUT2D eigenvalue weighted by molar-refractivity contribution is 7.90. The van der Waals surface area contributed by atoms with Crippen molar-refractivity contribution in [3.63, 3.8) is 0 Å². The summed E-state index contributed by atoms with van der Waals surface area (Å²) in [6.07, 6.45) is 5.50. The number of methoxy groups -OCH3 is 4. The standard InChI is InChI=1S/C24H29NO6S/c1-28-19-12-16-15-8-6-7-9-18(15)25-23(17(16)13-20(19)29-2)14-10-21(30-3)24(31-4)22(11-14)32(5,26)27/h10-13,15,18H,6-9H2,1-5H3/t15-,18-/m0/s1. The Kier molecular flexibility index (Phi) is 6.07. The highest BCUT2D eigenvalue weighted by Crippen LogP contribution is 2.46. The van der Waals surface area contributed by atoms with Gasteiger partial charge in [-0.25, -0.2) is 8.42 Å². The number of benzene rings is 2. The van der Waals surface area contributed by atoms with Gasteiger partial charge in [-0.3, -0.25) is 4.99 Å². The number of hydrogen-bond donors (Lipinski definition) is 0. The van der Waals surface area contributed by atoms with Gasteiger partial charge in [0.05, 0.1) is 40.2 Å². The molecule has 0 bridgehead atoms. The maximum absolute atomic E-state index is 12.6. The number of rotatable bonds is 6. The maximum Gasteiger partial charge on any atom is 0.179 e. The summed E-state index contributed by atoms with van der Waals surface area (Å²) in [5.41, 5.74) is 3.49. The lowest BCUT2D eigenvalue weighted by molar-refractivity contribution is 0.346. The van der Waals surface area contributed by atoms with Crippen LogP contribution < -0.4 is 18.9 Å². The van der Waals surface area contributed by atoms with Crippen molar-refractivity contribution in [3.8, 4) is 23.0 Å². The van der Waals surface area contributed by atoms with Gasteiger partial charge in [0.1, 0.15) is 4.90 Å². The maximum atomic E-state index is 12.6. The fourth-order valence-electron chi connectivity index (χ4n) is 4.84. The minimum atomic E-state index is -3.57. The van der Waals surface area contributed by atoms with Crippen molar-refractivity contribution in [3.05, 3.63) is 41.0 Å². The molecule has 7 nitrogen and oxygen atoms in total. The molecule has 1 saturated carbocycles. The third kappa shape index (κ3) is 3.81. The third-order valence-electron chi connectivity index (χ3n) is 6.35. The number of fused-ring (bicyclic) bond motifs is 3. The van der Waals surface area contributed by atoms with E-state index in [0.29, 0.717) is 28.7 Å². The summed E-state index contributed by atoms with van der Waals surface area (Å²) >= 11 is 0. The number of nitrogens with zero attached hydrogens (tertiary/aromatic N) is 1. The van der Waals surface area contributed by atoms with Crippen LogP contribution in [0, 0.1) is 0 Å². The van der Waals surface area contributed by atoms with Gasteiger partial charge < -0.3 is 18.9 Å². The van der Waals surface area contributed by atoms with Crippen LogP contribution in [0.3, 0.4) is 0 Å². The molecule has 1 aliphatic heterocycles. The van der Waals surface area contributed by atoms with Crippen LogP contribution in [-0.2, 0) is 9.84 Å². The van der Waals surface area contributed by atoms with Crippen molar-refractivity contribution in [2.45, 2.75) is 42.5 Å². The van der Waals surface area contributed by atoms with Crippen LogP contribution in [0.4, 0.5) is 0 Å². The number of ether oxygens (including phenoxy) is 4. The first-order chi connectivity index (χ1) is 15.3. The van der Waals surface area contributed by atoms with Gasteiger partial charge in [0.15, 0.2) is 32.8 Å². The van der Waals surface area contributed by atoms with Crippen molar-refractivity contribution in [1.82, 2.24) is 0 Å². The zero-order valence-corrected chi connectivity index (χ0v) is 19.9. The molecule has 32 heavy (non-hydrogen) atoms. The topological polar surface area (TPSA) is 83.4 Å². The molecule has 2 aromatic rings. The Hall–Kier alpha value is -2.74. The summed E-state index contributed by atoms with van der Waals surface area (Å²) in [7, 11) is 2.60. The normalized spacial score (nSPS) is 20.0. The lowest BCUT2D eigenvalue weighted by Gasteiger charge is -2.36.